The van der Waals surface area contributed by atoms with Gasteiger partial charge < -0.3 is 9.72 Å². The SMILES string of the molecule is O=C(Nc1ccccc1F)c1ccn2cncc2c1. The summed E-state index contributed by atoms with van der Waals surface area (Å²) in [4.78, 5) is 16.0. The first kappa shape index (κ1) is 11.4. The maximum absolute atomic E-state index is 13.4. The quantitative estimate of drug-likeness (QED) is 0.765. The van der Waals surface area contributed by atoms with Gasteiger partial charge in [0.15, 0.2) is 0 Å². The highest BCUT2D eigenvalue weighted by Crippen LogP contribution is 2.14. The van der Waals surface area contributed by atoms with Crippen molar-refractivity contribution < 1.29 is 9.18 Å². The van der Waals surface area contributed by atoms with Gasteiger partial charge in [-0.05, 0) is 24.3 Å². The van der Waals surface area contributed by atoms with Gasteiger partial charge in [0.1, 0.15) is 5.82 Å². The number of anilines is 1. The summed E-state index contributed by atoms with van der Waals surface area (Å²) in [5, 5.41) is 2.54. The van der Waals surface area contributed by atoms with E-state index in [0.717, 1.165) is 5.52 Å². The number of aromatic nitrogens is 2. The first-order valence-corrected chi connectivity index (χ1v) is 5.71. The van der Waals surface area contributed by atoms with E-state index in [0.29, 0.717) is 5.56 Å². The predicted octanol–water partition coefficient (Wildman–Crippen LogP) is 2.73. The number of carbonyl (C=O) groups excluding carboxylic acids is 1. The second kappa shape index (κ2) is 4.53. The molecule has 2 heterocycles. The Morgan fingerprint density at radius 2 is 2.11 bits per heavy atom. The summed E-state index contributed by atoms with van der Waals surface area (Å²) in [6.07, 6.45) is 5.03. The summed E-state index contributed by atoms with van der Waals surface area (Å²) in [7, 11) is 0. The molecule has 0 saturated heterocycles. The average Bonchev–Trinajstić information content (AvgIpc) is 2.88. The van der Waals surface area contributed by atoms with E-state index in [-0.39, 0.29) is 11.6 Å². The molecule has 0 fully saturated rings. The van der Waals surface area contributed by atoms with Crippen molar-refractivity contribution in [3.05, 3.63) is 66.5 Å². The van der Waals surface area contributed by atoms with Crippen LogP contribution in [-0.2, 0) is 0 Å². The van der Waals surface area contributed by atoms with Crippen LogP contribution >= 0.6 is 0 Å². The molecular weight excluding hydrogens is 245 g/mol. The summed E-state index contributed by atoms with van der Waals surface area (Å²) < 4.78 is 15.2. The van der Waals surface area contributed by atoms with Crippen molar-refractivity contribution in [2.75, 3.05) is 5.32 Å². The largest absolute Gasteiger partial charge is 0.319 e. The number of benzene rings is 1. The number of nitrogens with zero attached hydrogens (tertiary/aromatic N) is 2. The molecule has 1 N–H and O–H groups in total. The van der Waals surface area contributed by atoms with Gasteiger partial charge in [-0.3, -0.25) is 4.79 Å². The lowest BCUT2D eigenvalue weighted by atomic mass is 10.2. The van der Waals surface area contributed by atoms with Crippen LogP contribution in [0.25, 0.3) is 5.52 Å². The normalized spacial score (nSPS) is 10.6. The van der Waals surface area contributed by atoms with Gasteiger partial charge in [-0.1, -0.05) is 12.1 Å². The Morgan fingerprint density at radius 3 is 2.95 bits per heavy atom. The van der Waals surface area contributed by atoms with Gasteiger partial charge >= 0.3 is 0 Å². The van der Waals surface area contributed by atoms with Crippen LogP contribution in [0, 0.1) is 5.82 Å². The fraction of sp³-hybridized carbons (Fsp3) is 0. The van der Waals surface area contributed by atoms with Gasteiger partial charge in [0, 0.05) is 11.8 Å². The summed E-state index contributed by atoms with van der Waals surface area (Å²) in [5.41, 5.74) is 1.43. The third-order valence-corrected chi connectivity index (χ3v) is 2.80. The zero-order chi connectivity index (χ0) is 13.2. The Kier molecular flexibility index (Phi) is 2.72. The minimum absolute atomic E-state index is 0.167. The number of carbonyl (C=O) groups is 1. The number of para-hydroxylation sites is 1. The molecule has 0 radical (unpaired) electrons. The molecule has 1 aromatic carbocycles. The molecule has 1 amide bonds. The van der Waals surface area contributed by atoms with Crippen molar-refractivity contribution in [3.63, 3.8) is 0 Å². The minimum atomic E-state index is -0.457. The lowest BCUT2D eigenvalue weighted by Crippen LogP contribution is -2.13. The first-order valence-electron chi connectivity index (χ1n) is 5.71. The van der Waals surface area contributed by atoms with E-state index in [1.807, 2.05) is 0 Å². The molecule has 3 aromatic rings. The highest BCUT2D eigenvalue weighted by Gasteiger charge is 2.09. The predicted molar refractivity (Wildman–Crippen MR) is 69.5 cm³/mol. The van der Waals surface area contributed by atoms with Crippen molar-refractivity contribution in [3.8, 4) is 0 Å². The summed E-state index contributed by atoms with van der Waals surface area (Å²) in [6, 6.07) is 9.41. The van der Waals surface area contributed by atoms with Crippen molar-refractivity contribution in [1.82, 2.24) is 9.38 Å². The van der Waals surface area contributed by atoms with Crippen molar-refractivity contribution in [2.24, 2.45) is 0 Å². The lowest BCUT2D eigenvalue weighted by Gasteiger charge is -2.06. The molecule has 3 rings (SSSR count). The Labute approximate surface area is 108 Å². The molecule has 0 aliphatic carbocycles. The van der Waals surface area contributed by atoms with E-state index in [4.69, 9.17) is 0 Å². The molecule has 0 saturated carbocycles. The second-order valence-electron chi connectivity index (χ2n) is 4.08. The maximum atomic E-state index is 13.4. The number of imidazole rings is 1. The number of amides is 1. The monoisotopic (exact) mass is 255 g/mol. The Balaban J connectivity index is 1.89. The highest BCUT2D eigenvalue weighted by molar-refractivity contribution is 6.04. The topological polar surface area (TPSA) is 46.4 Å². The molecule has 94 valence electrons. The van der Waals surface area contributed by atoms with E-state index < -0.39 is 5.82 Å². The number of fused-ring (bicyclic) bond motifs is 1. The van der Waals surface area contributed by atoms with Crippen molar-refractivity contribution >= 4 is 17.1 Å². The fourth-order valence-electron chi connectivity index (χ4n) is 1.82. The smallest absolute Gasteiger partial charge is 0.255 e. The third-order valence-electron chi connectivity index (χ3n) is 2.80. The van der Waals surface area contributed by atoms with Crippen LogP contribution in [0.1, 0.15) is 10.4 Å². The van der Waals surface area contributed by atoms with Crippen molar-refractivity contribution in [2.45, 2.75) is 0 Å². The molecule has 0 bridgehead atoms. The molecule has 0 spiro atoms. The number of nitrogens with one attached hydrogen (secondary N) is 1. The molecule has 2 aromatic heterocycles. The van der Waals surface area contributed by atoms with Crippen LogP contribution in [0.5, 0.6) is 0 Å². The zero-order valence-electron chi connectivity index (χ0n) is 9.88. The van der Waals surface area contributed by atoms with Crippen molar-refractivity contribution in [1.29, 1.82) is 0 Å². The average molecular weight is 255 g/mol. The van der Waals surface area contributed by atoms with Crippen LogP contribution in [0.2, 0.25) is 0 Å². The van der Waals surface area contributed by atoms with E-state index in [2.05, 4.69) is 10.3 Å². The summed E-state index contributed by atoms with van der Waals surface area (Å²) in [6.45, 7) is 0. The number of rotatable bonds is 2. The first-order chi connectivity index (χ1) is 9.24. The van der Waals surface area contributed by atoms with E-state index in [1.165, 1.54) is 12.1 Å². The van der Waals surface area contributed by atoms with Crippen LogP contribution in [0.3, 0.4) is 0 Å². The molecule has 0 atom stereocenters. The number of hydrogen-bond acceptors (Lipinski definition) is 2. The van der Waals surface area contributed by atoms with Gasteiger partial charge in [0.25, 0.3) is 5.91 Å². The standard InChI is InChI=1S/C14H10FN3O/c15-12-3-1-2-4-13(12)17-14(19)10-5-6-18-9-16-8-11(18)7-10/h1-9H,(H,17,19). The Bertz CT molecular complexity index is 751. The fourth-order valence-corrected chi connectivity index (χ4v) is 1.82. The molecule has 0 unspecified atom stereocenters. The maximum Gasteiger partial charge on any atom is 0.255 e. The molecular formula is C14H10FN3O. The number of halogens is 1. The van der Waals surface area contributed by atoms with Crippen LogP contribution in [0.15, 0.2) is 55.1 Å². The number of hydrogen-bond donors (Lipinski definition) is 1. The van der Waals surface area contributed by atoms with Crippen LogP contribution in [0.4, 0.5) is 10.1 Å². The Morgan fingerprint density at radius 1 is 1.26 bits per heavy atom. The molecule has 19 heavy (non-hydrogen) atoms. The van der Waals surface area contributed by atoms with E-state index in [9.17, 15) is 9.18 Å². The van der Waals surface area contributed by atoms with Gasteiger partial charge in [0.05, 0.1) is 23.7 Å². The van der Waals surface area contributed by atoms with E-state index >= 15 is 0 Å². The third kappa shape index (κ3) is 2.18. The van der Waals surface area contributed by atoms with E-state index in [1.54, 1.807) is 47.4 Å². The molecule has 0 aliphatic rings. The van der Waals surface area contributed by atoms with Gasteiger partial charge in [-0.15, -0.1) is 0 Å². The summed E-state index contributed by atoms with van der Waals surface area (Å²) >= 11 is 0. The van der Waals surface area contributed by atoms with Crippen LogP contribution in [-0.4, -0.2) is 15.3 Å². The van der Waals surface area contributed by atoms with Crippen LogP contribution < -0.4 is 5.32 Å². The highest BCUT2D eigenvalue weighted by atomic mass is 19.1. The van der Waals surface area contributed by atoms with Gasteiger partial charge in [-0.25, -0.2) is 9.37 Å². The molecule has 0 aliphatic heterocycles. The molecule has 5 heteroatoms. The lowest BCUT2D eigenvalue weighted by molar-refractivity contribution is 0.102. The number of pyridine rings is 1. The summed E-state index contributed by atoms with van der Waals surface area (Å²) in [5.74, 6) is -0.810. The van der Waals surface area contributed by atoms with Gasteiger partial charge in [0.2, 0.25) is 0 Å². The zero-order valence-corrected chi connectivity index (χ0v) is 9.88. The van der Waals surface area contributed by atoms with Gasteiger partial charge in [-0.2, -0.15) is 0 Å². The second-order valence-corrected chi connectivity index (χ2v) is 4.08. The Hall–Kier alpha value is -2.69. The minimum Gasteiger partial charge on any atom is -0.319 e. The molecule has 4 nitrogen and oxygen atoms in total.